The fourth-order valence-electron chi connectivity index (χ4n) is 4.03. The van der Waals surface area contributed by atoms with Crippen molar-refractivity contribution >= 4 is 38.3 Å². The number of rotatable bonds is 9. The largest absolute Gasteiger partial charge is 0.505 e. The van der Waals surface area contributed by atoms with E-state index in [0.717, 1.165) is 12.1 Å². The van der Waals surface area contributed by atoms with Crippen molar-refractivity contribution in [1.82, 2.24) is 20.5 Å². The molecule has 0 atom stereocenters. The molecule has 0 aliphatic rings. The van der Waals surface area contributed by atoms with Gasteiger partial charge in [0.15, 0.2) is 17.3 Å². The monoisotopic (exact) mass is 598 g/mol. The molecule has 5 N–H and O–H groups in total. The van der Waals surface area contributed by atoms with Gasteiger partial charge in [0.25, 0.3) is 5.91 Å². The molecule has 0 aliphatic heterocycles. The number of pyridine rings is 1. The number of fused-ring (bicyclic) bond motifs is 1. The Morgan fingerprint density at radius 1 is 1.10 bits per heavy atom. The van der Waals surface area contributed by atoms with Crippen LogP contribution in [0.15, 0.2) is 36.4 Å². The predicted octanol–water partition coefficient (Wildman–Crippen LogP) is 4.45. The molecule has 1 amide bonds. The summed E-state index contributed by atoms with van der Waals surface area (Å²) in [6.07, 6.45) is -6.21. The normalized spacial score (nSPS) is 12.0. The summed E-state index contributed by atoms with van der Waals surface area (Å²) in [5.74, 6) is -3.85. The molecule has 2 aromatic carbocycles. The first-order valence-electron chi connectivity index (χ1n) is 11.9. The van der Waals surface area contributed by atoms with Crippen LogP contribution in [0.2, 0.25) is 0 Å². The van der Waals surface area contributed by atoms with E-state index in [1.807, 2.05) is 0 Å². The molecule has 0 unspecified atom stereocenters. The number of sulfonamides is 1. The van der Waals surface area contributed by atoms with Crippen LogP contribution in [0.25, 0.3) is 22.2 Å². The van der Waals surface area contributed by atoms with Crippen LogP contribution < -0.4 is 15.4 Å². The van der Waals surface area contributed by atoms with Crippen molar-refractivity contribution in [3.8, 4) is 17.0 Å². The number of benzene rings is 2. The van der Waals surface area contributed by atoms with Gasteiger partial charge < -0.3 is 15.7 Å². The van der Waals surface area contributed by atoms with Gasteiger partial charge >= 0.3 is 6.18 Å². The number of alkyl halides is 3. The molecule has 0 bridgehead atoms. The number of hydrogen-bond donors (Lipinski definition) is 5. The molecule has 0 fully saturated rings. The summed E-state index contributed by atoms with van der Waals surface area (Å²) in [6.45, 7) is 1.15. The highest BCUT2D eigenvalue weighted by atomic mass is 32.2. The van der Waals surface area contributed by atoms with Crippen molar-refractivity contribution in [1.29, 1.82) is 0 Å². The summed E-state index contributed by atoms with van der Waals surface area (Å²) in [5.41, 5.74) is -0.740. The molecular formula is C25H23F5N6O4S. The number of hydrogen-bond acceptors (Lipinski definition) is 7. The highest BCUT2D eigenvalue weighted by Gasteiger charge is 2.30. The van der Waals surface area contributed by atoms with Crippen LogP contribution in [0.1, 0.15) is 28.5 Å². The first-order valence-corrected chi connectivity index (χ1v) is 13.6. The number of anilines is 2. The quantitative estimate of drug-likeness (QED) is 0.179. The number of carbonyl (C=O) groups excluding carboxylic acids is 1. The van der Waals surface area contributed by atoms with Gasteiger partial charge in [-0.15, -0.1) is 0 Å². The summed E-state index contributed by atoms with van der Waals surface area (Å²) in [4.78, 5) is 16.8. The van der Waals surface area contributed by atoms with Crippen LogP contribution in [-0.2, 0) is 23.0 Å². The molecule has 4 aromatic rings. The zero-order valence-electron chi connectivity index (χ0n) is 21.4. The Kier molecular flexibility index (Phi) is 8.05. The molecule has 0 saturated heterocycles. The molecule has 0 radical (unpaired) electrons. The second kappa shape index (κ2) is 11.2. The van der Waals surface area contributed by atoms with E-state index in [9.17, 15) is 40.3 Å². The Balaban J connectivity index is 1.87. The number of aromatic amines is 1. The molecule has 0 aliphatic carbocycles. The number of carbonyl (C=O) groups is 1. The fourth-order valence-corrected chi connectivity index (χ4v) is 4.70. The lowest BCUT2D eigenvalue weighted by Gasteiger charge is -2.16. The number of aromatic hydroxyl groups is 1. The highest BCUT2D eigenvalue weighted by Crippen LogP contribution is 2.36. The van der Waals surface area contributed by atoms with Crippen molar-refractivity contribution < 1.29 is 40.3 Å². The molecule has 16 heteroatoms. The molecule has 0 spiro atoms. The van der Waals surface area contributed by atoms with E-state index in [4.69, 9.17) is 0 Å². The van der Waals surface area contributed by atoms with Gasteiger partial charge in [-0.3, -0.25) is 14.6 Å². The third kappa shape index (κ3) is 6.65. The number of aromatic nitrogens is 3. The van der Waals surface area contributed by atoms with Crippen LogP contribution in [0.5, 0.6) is 5.75 Å². The smallest absolute Gasteiger partial charge is 0.393 e. The minimum Gasteiger partial charge on any atom is -0.505 e. The Bertz CT molecular complexity index is 1740. The Morgan fingerprint density at radius 3 is 2.49 bits per heavy atom. The Hall–Kier alpha value is -4.47. The predicted molar refractivity (Wildman–Crippen MR) is 141 cm³/mol. The van der Waals surface area contributed by atoms with Crippen LogP contribution in [0.3, 0.4) is 0 Å². The average molecular weight is 599 g/mol. The standard InChI is InChI=1S/C25H23F5N6O4S/c1-3-41(39,40)36-17-5-4-14(26)6-13(17)11-32-23-21-19(34-35-22(21)24(38)31-2)9-18(33-23)15-8-16(27)20(37)7-12(15)10-25(28,29)30/h4-9,36-37H,3,10-11H2,1-2H3,(H,31,38)(H,32,33)(H,34,35). The molecule has 41 heavy (non-hydrogen) atoms. The van der Waals surface area contributed by atoms with Crippen molar-refractivity contribution in [3.63, 3.8) is 0 Å². The number of phenolic OH excluding ortho intramolecular Hbond substituents is 1. The van der Waals surface area contributed by atoms with E-state index < -0.39 is 51.5 Å². The summed E-state index contributed by atoms with van der Waals surface area (Å²) in [5, 5.41) is 21.7. The van der Waals surface area contributed by atoms with Crippen molar-refractivity contribution in [2.45, 2.75) is 26.1 Å². The summed E-state index contributed by atoms with van der Waals surface area (Å²) >= 11 is 0. The Labute approximate surface area is 230 Å². The van der Waals surface area contributed by atoms with Crippen molar-refractivity contribution in [2.75, 3.05) is 22.8 Å². The van der Waals surface area contributed by atoms with Crippen molar-refractivity contribution in [2.24, 2.45) is 0 Å². The average Bonchev–Trinajstić information content (AvgIpc) is 3.33. The van der Waals surface area contributed by atoms with E-state index in [1.54, 1.807) is 0 Å². The van der Waals surface area contributed by atoms with E-state index in [0.29, 0.717) is 12.1 Å². The molecule has 2 heterocycles. The van der Waals surface area contributed by atoms with Gasteiger partial charge in [-0.25, -0.2) is 22.2 Å². The molecule has 2 aromatic heterocycles. The topological polar surface area (TPSA) is 149 Å². The van der Waals surface area contributed by atoms with Gasteiger partial charge in [0.1, 0.15) is 11.6 Å². The molecule has 0 saturated carbocycles. The van der Waals surface area contributed by atoms with Crippen LogP contribution in [-0.4, -0.2) is 53.6 Å². The first kappa shape index (κ1) is 29.5. The summed E-state index contributed by atoms with van der Waals surface area (Å²) in [7, 11) is -2.39. The minimum atomic E-state index is -4.70. The first-order chi connectivity index (χ1) is 19.2. The number of phenols is 1. The molecule has 218 valence electrons. The molecule has 10 nitrogen and oxygen atoms in total. The fraction of sp³-hybridized carbons (Fsp3) is 0.240. The van der Waals surface area contributed by atoms with Gasteiger partial charge in [-0.1, -0.05) is 0 Å². The Morgan fingerprint density at radius 2 is 1.83 bits per heavy atom. The summed E-state index contributed by atoms with van der Waals surface area (Å²) in [6, 6.07) is 5.94. The van der Waals surface area contributed by atoms with E-state index in [1.165, 1.54) is 26.1 Å². The second-order valence-electron chi connectivity index (χ2n) is 8.84. The second-order valence-corrected chi connectivity index (χ2v) is 10.9. The van der Waals surface area contributed by atoms with Crippen molar-refractivity contribution in [3.05, 3.63) is 64.9 Å². The maximum absolute atomic E-state index is 14.3. The lowest BCUT2D eigenvalue weighted by atomic mass is 9.99. The van der Waals surface area contributed by atoms with Gasteiger partial charge in [0.05, 0.1) is 34.5 Å². The van der Waals surface area contributed by atoms with Gasteiger partial charge in [0, 0.05) is 19.2 Å². The number of halogens is 5. The maximum Gasteiger partial charge on any atom is 0.393 e. The van der Waals surface area contributed by atoms with Crippen LogP contribution in [0.4, 0.5) is 33.5 Å². The maximum atomic E-state index is 14.3. The minimum absolute atomic E-state index is 0.0555. The number of nitrogens with zero attached hydrogens (tertiary/aromatic N) is 2. The van der Waals surface area contributed by atoms with E-state index >= 15 is 0 Å². The third-order valence-corrected chi connectivity index (χ3v) is 7.28. The molecular weight excluding hydrogens is 575 g/mol. The SMILES string of the molecule is CCS(=O)(=O)Nc1ccc(F)cc1CNc1nc(-c2cc(F)c(O)cc2CC(F)(F)F)cc2[nH]nc(C(=O)NC)c12. The lowest BCUT2D eigenvalue weighted by Crippen LogP contribution is -2.19. The van der Waals surface area contributed by atoms with E-state index in [2.05, 4.69) is 30.5 Å². The van der Waals surface area contributed by atoms with Gasteiger partial charge in [-0.2, -0.15) is 18.3 Å². The lowest BCUT2D eigenvalue weighted by molar-refractivity contribution is -0.127. The zero-order valence-corrected chi connectivity index (χ0v) is 22.3. The van der Waals surface area contributed by atoms with Gasteiger partial charge in [-0.05, 0) is 54.4 Å². The summed E-state index contributed by atoms with van der Waals surface area (Å²) < 4.78 is 95.0. The van der Waals surface area contributed by atoms with E-state index in [-0.39, 0.29) is 57.2 Å². The number of amides is 1. The van der Waals surface area contributed by atoms with Crippen LogP contribution >= 0.6 is 0 Å². The van der Waals surface area contributed by atoms with Crippen LogP contribution in [0, 0.1) is 11.6 Å². The zero-order chi connectivity index (χ0) is 30.1. The van der Waals surface area contributed by atoms with Gasteiger partial charge in [0.2, 0.25) is 10.0 Å². The number of nitrogens with one attached hydrogen (secondary N) is 4. The third-order valence-electron chi connectivity index (χ3n) is 5.99. The number of H-pyrrole nitrogens is 1. The molecule has 4 rings (SSSR count). The highest BCUT2D eigenvalue weighted by molar-refractivity contribution is 7.92.